The second kappa shape index (κ2) is 11.9. The van der Waals surface area contributed by atoms with E-state index in [0.29, 0.717) is 11.6 Å². The zero-order chi connectivity index (χ0) is 23.7. The van der Waals surface area contributed by atoms with Crippen molar-refractivity contribution in [2.24, 2.45) is 0 Å². The van der Waals surface area contributed by atoms with Gasteiger partial charge in [-0.05, 0) is 56.5 Å². The molecule has 0 N–H and O–H groups in total. The lowest BCUT2D eigenvalue weighted by Gasteiger charge is -2.16. The Morgan fingerprint density at radius 2 is 1.73 bits per heavy atom. The Morgan fingerprint density at radius 1 is 1.06 bits per heavy atom. The number of carbonyl (C=O) groups is 1. The Morgan fingerprint density at radius 3 is 2.39 bits per heavy atom. The van der Waals surface area contributed by atoms with Crippen LogP contribution in [-0.2, 0) is 20.6 Å². The van der Waals surface area contributed by atoms with Crippen molar-refractivity contribution in [3.8, 4) is 17.1 Å². The van der Waals surface area contributed by atoms with Crippen LogP contribution in [0.1, 0.15) is 64.9 Å². The summed E-state index contributed by atoms with van der Waals surface area (Å²) in [6, 6.07) is 6.95. The Bertz CT molecular complexity index is 896. The predicted molar refractivity (Wildman–Crippen MR) is 126 cm³/mol. The van der Waals surface area contributed by atoms with Gasteiger partial charge in [0.05, 0.1) is 0 Å². The van der Waals surface area contributed by atoms with Crippen LogP contribution in [0.15, 0.2) is 49.3 Å². The van der Waals surface area contributed by atoms with Crippen LogP contribution in [0.25, 0.3) is 11.4 Å². The van der Waals surface area contributed by atoms with E-state index in [1.807, 2.05) is 12.4 Å². The SMILES string of the molecule is C=CC1OC(C)(C)OC1OC(=O)Oc1ccc(-c2ncc(CCCCCCCC)cn2)cc1. The molecule has 1 aromatic carbocycles. The van der Waals surface area contributed by atoms with Crippen LogP contribution in [0.3, 0.4) is 0 Å². The normalized spacial score (nSPS) is 19.2. The number of aryl methyl sites for hydroxylation is 1. The number of benzene rings is 1. The zero-order valence-corrected chi connectivity index (χ0v) is 19.8. The molecule has 0 spiro atoms. The van der Waals surface area contributed by atoms with Crippen LogP contribution >= 0.6 is 0 Å². The number of hydrogen-bond donors (Lipinski definition) is 0. The van der Waals surface area contributed by atoms with Crippen molar-refractivity contribution >= 4 is 6.16 Å². The van der Waals surface area contributed by atoms with Gasteiger partial charge in [0.15, 0.2) is 11.6 Å². The molecule has 0 bridgehead atoms. The highest BCUT2D eigenvalue weighted by atomic mass is 16.9. The van der Waals surface area contributed by atoms with Gasteiger partial charge in [-0.15, -0.1) is 6.58 Å². The third-order valence-electron chi connectivity index (χ3n) is 5.37. The van der Waals surface area contributed by atoms with Gasteiger partial charge >= 0.3 is 6.16 Å². The largest absolute Gasteiger partial charge is 0.516 e. The molecule has 1 fully saturated rings. The minimum Gasteiger partial charge on any atom is -0.401 e. The third kappa shape index (κ3) is 7.65. The van der Waals surface area contributed by atoms with Gasteiger partial charge in [-0.3, -0.25) is 0 Å². The van der Waals surface area contributed by atoms with Gasteiger partial charge in [0.25, 0.3) is 0 Å². The summed E-state index contributed by atoms with van der Waals surface area (Å²) < 4.78 is 21.6. The molecule has 0 amide bonds. The molecule has 7 nitrogen and oxygen atoms in total. The van der Waals surface area contributed by atoms with E-state index < -0.39 is 24.3 Å². The maximum atomic E-state index is 12.2. The van der Waals surface area contributed by atoms with Crippen LogP contribution in [0.4, 0.5) is 4.79 Å². The summed E-state index contributed by atoms with van der Waals surface area (Å²) in [5.41, 5.74) is 1.99. The van der Waals surface area contributed by atoms with E-state index in [2.05, 4.69) is 23.5 Å². The van der Waals surface area contributed by atoms with E-state index in [-0.39, 0.29) is 0 Å². The van der Waals surface area contributed by atoms with Crippen LogP contribution in [0.5, 0.6) is 5.75 Å². The fourth-order valence-corrected chi connectivity index (χ4v) is 3.64. The summed E-state index contributed by atoms with van der Waals surface area (Å²) in [7, 11) is 0. The number of nitrogens with zero attached hydrogens (tertiary/aromatic N) is 2. The highest BCUT2D eigenvalue weighted by molar-refractivity contribution is 5.65. The van der Waals surface area contributed by atoms with Gasteiger partial charge in [0.1, 0.15) is 11.9 Å². The van der Waals surface area contributed by atoms with Crippen molar-refractivity contribution in [2.45, 2.75) is 83.9 Å². The van der Waals surface area contributed by atoms with Gasteiger partial charge in [-0.25, -0.2) is 14.8 Å². The topological polar surface area (TPSA) is 79.8 Å². The second-order valence-electron chi connectivity index (χ2n) is 8.63. The monoisotopic (exact) mass is 454 g/mol. The molecule has 1 saturated heterocycles. The Labute approximate surface area is 196 Å². The standard InChI is InChI=1S/C26H34N2O5/c1-5-7-8-9-10-11-12-19-17-27-23(28-18-19)20-13-15-21(16-14-20)30-25(29)31-24-22(6-2)32-26(3,4)33-24/h6,13-18,22,24H,2,5,7-12H2,1,3-4H3. The van der Waals surface area contributed by atoms with Crippen molar-refractivity contribution in [1.82, 2.24) is 9.97 Å². The summed E-state index contributed by atoms with van der Waals surface area (Å²) in [6.45, 7) is 9.38. The van der Waals surface area contributed by atoms with E-state index >= 15 is 0 Å². The highest BCUT2D eigenvalue weighted by Gasteiger charge is 2.42. The number of carbonyl (C=O) groups excluding carboxylic acids is 1. The molecule has 1 aromatic heterocycles. The first kappa shape index (κ1) is 24.9. The van der Waals surface area contributed by atoms with Crippen molar-refractivity contribution < 1.29 is 23.7 Å². The van der Waals surface area contributed by atoms with Crippen LogP contribution in [-0.4, -0.2) is 34.3 Å². The Balaban J connectivity index is 1.47. The van der Waals surface area contributed by atoms with Crippen molar-refractivity contribution in [1.29, 1.82) is 0 Å². The van der Waals surface area contributed by atoms with Crippen LogP contribution in [0.2, 0.25) is 0 Å². The molecule has 3 rings (SSSR count). The molecule has 0 aliphatic carbocycles. The molecule has 0 radical (unpaired) electrons. The molecule has 2 aromatic rings. The summed E-state index contributed by atoms with van der Waals surface area (Å²) in [6.07, 6.45) is 11.6. The quantitative estimate of drug-likeness (QED) is 0.172. The highest BCUT2D eigenvalue weighted by Crippen LogP contribution is 2.30. The van der Waals surface area contributed by atoms with Gasteiger partial charge in [0, 0.05) is 18.0 Å². The van der Waals surface area contributed by atoms with E-state index in [0.717, 1.165) is 24.0 Å². The minimum absolute atomic E-state index is 0.344. The number of ether oxygens (including phenoxy) is 4. The first-order valence-electron chi connectivity index (χ1n) is 11.7. The minimum atomic E-state index is -0.910. The number of unbranched alkanes of at least 4 members (excludes halogenated alkanes) is 5. The van der Waals surface area contributed by atoms with Crippen molar-refractivity contribution in [3.63, 3.8) is 0 Å². The molecule has 33 heavy (non-hydrogen) atoms. The summed E-state index contributed by atoms with van der Waals surface area (Å²) >= 11 is 0. The predicted octanol–water partition coefficient (Wildman–Crippen LogP) is 6.23. The van der Waals surface area contributed by atoms with Gasteiger partial charge < -0.3 is 18.9 Å². The average Bonchev–Trinajstić information content (AvgIpc) is 3.10. The Hall–Kier alpha value is -2.77. The lowest BCUT2D eigenvalue weighted by atomic mass is 10.1. The van der Waals surface area contributed by atoms with Gasteiger partial charge in [-0.1, -0.05) is 45.1 Å². The lowest BCUT2D eigenvalue weighted by molar-refractivity contribution is -0.177. The summed E-state index contributed by atoms with van der Waals surface area (Å²) in [5, 5.41) is 0. The third-order valence-corrected chi connectivity index (χ3v) is 5.37. The van der Waals surface area contributed by atoms with E-state index in [9.17, 15) is 4.79 Å². The molecule has 2 heterocycles. The number of hydrogen-bond acceptors (Lipinski definition) is 7. The average molecular weight is 455 g/mol. The number of aromatic nitrogens is 2. The fraction of sp³-hybridized carbons (Fsp3) is 0.500. The van der Waals surface area contributed by atoms with Crippen LogP contribution < -0.4 is 4.74 Å². The first-order chi connectivity index (χ1) is 15.9. The molecule has 0 saturated carbocycles. The van der Waals surface area contributed by atoms with Gasteiger partial charge in [0.2, 0.25) is 6.29 Å². The molecular formula is C26H34N2O5. The molecule has 1 aliphatic heterocycles. The first-order valence-corrected chi connectivity index (χ1v) is 11.7. The lowest BCUT2D eigenvalue weighted by Crippen LogP contribution is -2.28. The summed E-state index contributed by atoms with van der Waals surface area (Å²) in [5.74, 6) is 0.107. The molecule has 178 valence electrons. The van der Waals surface area contributed by atoms with Crippen LogP contribution in [0, 0.1) is 0 Å². The molecule has 7 heteroatoms. The molecule has 2 unspecified atom stereocenters. The summed E-state index contributed by atoms with van der Waals surface area (Å²) in [4.78, 5) is 21.1. The maximum absolute atomic E-state index is 12.2. The van der Waals surface area contributed by atoms with Gasteiger partial charge in [-0.2, -0.15) is 0 Å². The molecular weight excluding hydrogens is 420 g/mol. The molecule has 2 atom stereocenters. The Kier molecular flexibility index (Phi) is 8.97. The van der Waals surface area contributed by atoms with E-state index in [4.69, 9.17) is 18.9 Å². The molecule has 1 aliphatic rings. The zero-order valence-electron chi connectivity index (χ0n) is 19.8. The van der Waals surface area contributed by atoms with Crippen molar-refractivity contribution in [3.05, 3.63) is 54.9 Å². The fourth-order valence-electron chi connectivity index (χ4n) is 3.64. The smallest absolute Gasteiger partial charge is 0.401 e. The van der Waals surface area contributed by atoms with Crippen molar-refractivity contribution in [2.75, 3.05) is 0 Å². The second-order valence-corrected chi connectivity index (χ2v) is 8.63. The number of rotatable bonds is 11. The maximum Gasteiger partial charge on any atom is 0.516 e. The van der Waals surface area contributed by atoms with E-state index in [1.165, 1.54) is 38.2 Å². The van der Waals surface area contributed by atoms with E-state index in [1.54, 1.807) is 38.1 Å².